The molecule has 1 aromatic heterocycles. The number of aromatic nitrogens is 1. The van der Waals surface area contributed by atoms with Gasteiger partial charge in [0.15, 0.2) is 0 Å². The number of benzene rings is 2. The number of carbonyl (C=O) groups is 1. The van der Waals surface area contributed by atoms with Gasteiger partial charge in [-0.1, -0.05) is 59.6 Å². The third kappa shape index (κ3) is 4.83. The van der Waals surface area contributed by atoms with E-state index in [2.05, 4.69) is 10.3 Å². The van der Waals surface area contributed by atoms with Gasteiger partial charge in [-0.25, -0.2) is 4.98 Å². The number of carbonyl (C=O) groups excluding carboxylic acids is 1. The second kappa shape index (κ2) is 8.64. The smallest absolute Gasteiger partial charge is 0.271 e. The van der Waals surface area contributed by atoms with Crippen LogP contribution in [0.3, 0.4) is 0 Å². The summed E-state index contributed by atoms with van der Waals surface area (Å²) >= 11 is 13.3. The molecule has 0 saturated carbocycles. The minimum atomic E-state index is -0.245. The van der Waals surface area contributed by atoms with E-state index < -0.39 is 0 Å². The molecule has 2 aromatic carbocycles. The Bertz CT molecular complexity index is 899. The summed E-state index contributed by atoms with van der Waals surface area (Å²) in [5.41, 5.74) is 8.60. The lowest BCUT2D eigenvalue weighted by Gasteiger charge is -2.08. The maximum atomic E-state index is 12.3. The molecule has 0 spiro atoms. The Morgan fingerprint density at radius 1 is 1.12 bits per heavy atom. The van der Waals surface area contributed by atoms with Crippen molar-refractivity contribution in [1.29, 1.82) is 0 Å². The van der Waals surface area contributed by atoms with Crippen LogP contribution in [0.2, 0.25) is 10.0 Å². The Hall–Kier alpha value is -1.92. The van der Waals surface area contributed by atoms with Gasteiger partial charge in [-0.2, -0.15) is 0 Å². The topological polar surface area (TPSA) is 68.0 Å². The molecule has 1 heterocycles. The maximum Gasteiger partial charge on any atom is 0.271 e. The van der Waals surface area contributed by atoms with Gasteiger partial charge in [-0.3, -0.25) is 4.79 Å². The minimum absolute atomic E-state index is 0.237. The second-order valence-corrected chi connectivity index (χ2v) is 7.50. The molecule has 1 unspecified atom stereocenters. The van der Waals surface area contributed by atoms with Gasteiger partial charge in [0, 0.05) is 11.9 Å². The molecule has 0 bridgehead atoms. The van der Waals surface area contributed by atoms with Crippen molar-refractivity contribution in [2.45, 2.75) is 19.0 Å². The zero-order valence-electron chi connectivity index (χ0n) is 13.8. The predicted molar refractivity (Wildman–Crippen MR) is 107 cm³/mol. The van der Waals surface area contributed by atoms with Crippen LogP contribution in [0.4, 0.5) is 0 Å². The fraction of sp³-hybridized carbons (Fsp3) is 0.158. The molecule has 0 fully saturated rings. The highest BCUT2D eigenvalue weighted by Gasteiger charge is 2.15. The molecule has 26 heavy (non-hydrogen) atoms. The molecule has 134 valence electrons. The van der Waals surface area contributed by atoms with E-state index in [9.17, 15) is 4.79 Å². The lowest BCUT2D eigenvalue weighted by atomic mass is 10.1. The second-order valence-electron chi connectivity index (χ2n) is 5.80. The van der Waals surface area contributed by atoms with Gasteiger partial charge in [0.25, 0.3) is 5.91 Å². The van der Waals surface area contributed by atoms with Gasteiger partial charge < -0.3 is 11.1 Å². The van der Waals surface area contributed by atoms with E-state index in [0.717, 1.165) is 16.1 Å². The maximum absolute atomic E-state index is 12.3. The number of amides is 1. The monoisotopic (exact) mass is 405 g/mol. The molecule has 1 amide bonds. The van der Waals surface area contributed by atoms with Crippen molar-refractivity contribution < 1.29 is 4.79 Å². The van der Waals surface area contributed by atoms with Gasteiger partial charge in [-0.15, -0.1) is 11.3 Å². The normalized spacial score (nSPS) is 12.0. The molecule has 4 nitrogen and oxygen atoms in total. The molecule has 0 radical (unpaired) electrons. The van der Waals surface area contributed by atoms with Gasteiger partial charge in [0.05, 0.1) is 16.1 Å². The first-order valence-electron chi connectivity index (χ1n) is 8.00. The standard InChI is InChI=1S/C19H17Cl2N3OS/c20-14-7-6-13(8-15(14)21)10-23-18(25)17-11-26-19(24-17)16(22)9-12-4-2-1-3-5-12/h1-8,11,16H,9-10,22H2,(H,23,25). The van der Waals surface area contributed by atoms with Gasteiger partial charge >= 0.3 is 0 Å². The van der Waals surface area contributed by atoms with Crippen LogP contribution in [0.5, 0.6) is 0 Å². The van der Waals surface area contributed by atoms with Crippen LogP contribution < -0.4 is 11.1 Å². The van der Waals surface area contributed by atoms with E-state index in [1.165, 1.54) is 11.3 Å². The van der Waals surface area contributed by atoms with Crippen molar-refractivity contribution in [1.82, 2.24) is 10.3 Å². The number of hydrogen-bond donors (Lipinski definition) is 2. The summed E-state index contributed by atoms with van der Waals surface area (Å²) in [4.78, 5) is 16.7. The Morgan fingerprint density at radius 2 is 1.88 bits per heavy atom. The Balaban J connectivity index is 1.59. The van der Waals surface area contributed by atoms with E-state index in [0.29, 0.717) is 28.7 Å². The van der Waals surface area contributed by atoms with Crippen LogP contribution >= 0.6 is 34.5 Å². The van der Waals surface area contributed by atoms with Crippen molar-refractivity contribution in [3.63, 3.8) is 0 Å². The van der Waals surface area contributed by atoms with Gasteiger partial charge in [-0.05, 0) is 29.7 Å². The number of nitrogens with two attached hydrogens (primary N) is 1. The number of nitrogens with zero attached hydrogens (tertiary/aromatic N) is 1. The SMILES string of the molecule is NC(Cc1ccccc1)c1nc(C(=O)NCc2ccc(Cl)c(Cl)c2)cs1. The highest BCUT2D eigenvalue weighted by molar-refractivity contribution is 7.09. The number of rotatable bonds is 6. The molecule has 1 atom stereocenters. The molecular weight excluding hydrogens is 389 g/mol. The Morgan fingerprint density at radius 3 is 2.62 bits per heavy atom. The van der Waals surface area contributed by atoms with Crippen molar-refractivity contribution in [2.75, 3.05) is 0 Å². The average Bonchev–Trinajstić information content (AvgIpc) is 3.14. The summed E-state index contributed by atoms with van der Waals surface area (Å²) in [7, 11) is 0. The first kappa shape index (κ1) is 18.9. The first-order chi connectivity index (χ1) is 12.5. The zero-order chi connectivity index (χ0) is 18.5. The number of thiazole rings is 1. The Labute approximate surface area is 166 Å². The number of hydrogen-bond acceptors (Lipinski definition) is 4. The molecule has 3 aromatic rings. The van der Waals surface area contributed by atoms with E-state index in [1.54, 1.807) is 17.5 Å². The third-order valence-electron chi connectivity index (χ3n) is 3.81. The van der Waals surface area contributed by atoms with Crippen LogP contribution in [-0.2, 0) is 13.0 Å². The summed E-state index contributed by atoms with van der Waals surface area (Å²) < 4.78 is 0. The fourth-order valence-corrected chi connectivity index (χ4v) is 3.56. The number of nitrogens with one attached hydrogen (secondary N) is 1. The van der Waals surface area contributed by atoms with Crippen LogP contribution in [0.25, 0.3) is 0 Å². The molecule has 0 aliphatic rings. The largest absolute Gasteiger partial charge is 0.347 e. The van der Waals surface area contributed by atoms with Crippen molar-refractivity contribution in [2.24, 2.45) is 5.73 Å². The molecule has 0 aliphatic heterocycles. The zero-order valence-corrected chi connectivity index (χ0v) is 16.1. The Kier molecular flexibility index (Phi) is 6.27. The van der Waals surface area contributed by atoms with Crippen LogP contribution in [0.15, 0.2) is 53.9 Å². The van der Waals surface area contributed by atoms with Crippen molar-refractivity contribution in [3.05, 3.63) is 85.8 Å². The molecule has 3 N–H and O–H groups in total. The van der Waals surface area contributed by atoms with Crippen molar-refractivity contribution >= 4 is 40.4 Å². The van der Waals surface area contributed by atoms with E-state index in [-0.39, 0.29) is 11.9 Å². The molecule has 0 saturated heterocycles. The van der Waals surface area contributed by atoms with Gasteiger partial charge in [0.1, 0.15) is 10.7 Å². The van der Waals surface area contributed by atoms with Crippen LogP contribution in [0, 0.1) is 0 Å². The van der Waals surface area contributed by atoms with Gasteiger partial charge in [0.2, 0.25) is 0 Å². The quantitative estimate of drug-likeness (QED) is 0.628. The predicted octanol–water partition coefficient (Wildman–Crippen LogP) is 4.62. The third-order valence-corrected chi connectivity index (χ3v) is 5.52. The van der Waals surface area contributed by atoms with E-state index in [1.807, 2.05) is 36.4 Å². The summed E-state index contributed by atoms with van der Waals surface area (Å²) in [6.07, 6.45) is 0.679. The molecule has 0 aliphatic carbocycles. The molecule has 3 rings (SSSR count). The lowest BCUT2D eigenvalue weighted by molar-refractivity contribution is 0.0946. The highest BCUT2D eigenvalue weighted by atomic mass is 35.5. The highest BCUT2D eigenvalue weighted by Crippen LogP contribution is 2.23. The lowest BCUT2D eigenvalue weighted by Crippen LogP contribution is -2.23. The minimum Gasteiger partial charge on any atom is -0.347 e. The number of halogens is 2. The fourth-order valence-electron chi connectivity index (χ4n) is 2.44. The van der Waals surface area contributed by atoms with E-state index in [4.69, 9.17) is 28.9 Å². The van der Waals surface area contributed by atoms with Crippen LogP contribution in [0.1, 0.15) is 32.7 Å². The summed E-state index contributed by atoms with van der Waals surface area (Å²) in [5, 5.41) is 6.24. The molecule has 7 heteroatoms. The van der Waals surface area contributed by atoms with Crippen LogP contribution in [-0.4, -0.2) is 10.9 Å². The first-order valence-corrected chi connectivity index (χ1v) is 9.63. The average molecular weight is 406 g/mol. The summed E-state index contributed by atoms with van der Waals surface area (Å²) in [6.45, 7) is 0.346. The summed E-state index contributed by atoms with van der Waals surface area (Å²) in [5.74, 6) is -0.245. The molecular formula is C19H17Cl2N3OS. The van der Waals surface area contributed by atoms with Crippen molar-refractivity contribution in [3.8, 4) is 0 Å². The summed E-state index contributed by atoms with van der Waals surface area (Å²) in [6, 6.07) is 15.0. The van der Waals surface area contributed by atoms with E-state index >= 15 is 0 Å².